The van der Waals surface area contributed by atoms with Crippen LogP contribution in [0.5, 0.6) is 5.75 Å². The fraction of sp³-hybridized carbons (Fsp3) is 0.308. The Bertz CT molecular complexity index is 564. The molecule has 0 aliphatic heterocycles. The minimum absolute atomic E-state index is 0.469. The molecule has 0 fully saturated rings. The van der Waals surface area contributed by atoms with E-state index in [2.05, 4.69) is 35.7 Å². The molecule has 0 radical (unpaired) electrons. The van der Waals surface area contributed by atoms with Crippen molar-refractivity contribution in [3.8, 4) is 17.1 Å². The second kappa shape index (κ2) is 4.49. The molecule has 2 rings (SSSR count). The van der Waals surface area contributed by atoms with Crippen LogP contribution in [0.25, 0.3) is 11.4 Å². The third-order valence-electron chi connectivity index (χ3n) is 2.93. The van der Waals surface area contributed by atoms with Crippen molar-refractivity contribution in [1.29, 1.82) is 0 Å². The Morgan fingerprint density at radius 3 is 2.33 bits per heavy atom. The molecule has 0 saturated heterocycles. The normalized spacial score (nSPS) is 11.6. The number of hydrogen-bond donors (Lipinski definition) is 2. The molecule has 0 spiro atoms. The molecule has 0 bridgehead atoms. The molecule has 0 saturated carbocycles. The number of methoxy groups -OCH3 is 1. The van der Waals surface area contributed by atoms with Gasteiger partial charge >= 0.3 is 0 Å². The molecule has 4 nitrogen and oxygen atoms in total. The monoisotopic (exact) mass is 262 g/mol. The van der Waals surface area contributed by atoms with Crippen LogP contribution in [-0.2, 0) is 0 Å². The van der Waals surface area contributed by atoms with E-state index in [0.29, 0.717) is 11.4 Å². The van der Waals surface area contributed by atoms with E-state index in [0.717, 1.165) is 17.7 Å². The number of rotatable bonds is 4. The first-order valence-corrected chi connectivity index (χ1v) is 9.37. The van der Waals surface area contributed by atoms with Gasteiger partial charge in [-0.3, -0.25) is 4.79 Å². The molecule has 0 amide bonds. The van der Waals surface area contributed by atoms with Crippen molar-refractivity contribution < 1.29 is 9.53 Å². The Morgan fingerprint density at radius 2 is 1.89 bits per heavy atom. The second-order valence-electron chi connectivity index (χ2n) is 5.32. The van der Waals surface area contributed by atoms with Crippen molar-refractivity contribution in [1.82, 2.24) is 9.97 Å². The number of nitrogens with one attached hydrogen (secondary N) is 2. The molecule has 0 atom stereocenters. The summed E-state index contributed by atoms with van der Waals surface area (Å²) in [5.41, 5.74) is 2.33. The number of ether oxygens (including phenoxy) is 1. The van der Waals surface area contributed by atoms with Gasteiger partial charge in [0.2, 0.25) is 0 Å². The summed E-state index contributed by atoms with van der Waals surface area (Å²) in [4.78, 5) is 17.4. The van der Waals surface area contributed by atoms with Gasteiger partial charge in [0.25, 0.3) is 0 Å². The van der Waals surface area contributed by atoms with Crippen molar-refractivity contribution in [3.05, 3.63) is 23.9 Å². The van der Waals surface area contributed by atoms with E-state index < -0.39 is 8.07 Å². The van der Waals surface area contributed by atoms with E-state index in [9.17, 15) is 4.79 Å². The smallest absolute Gasteiger partial charge is 0.170 e. The molecule has 0 unspecified atom stereocenters. The maximum absolute atomic E-state index is 10.9. The predicted octanol–water partition coefficient (Wildman–Crippen LogP) is 2.38. The molecule has 2 aromatic heterocycles. The first kappa shape index (κ1) is 12.7. The molecular weight excluding hydrogens is 244 g/mol. The molecule has 0 aliphatic carbocycles. The molecule has 0 aliphatic rings. The third-order valence-corrected chi connectivity index (χ3v) is 4.84. The van der Waals surface area contributed by atoms with E-state index in [4.69, 9.17) is 4.74 Å². The number of H-pyrrole nitrogens is 2. The van der Waals surface area contributed by atoms with Gasteiger partial charge < -0.3 is 14.7 Å². The van der Waals surface area contributed by atoms with Crippen LogP contribution >= 0.6 is 0 Å². The number of aromatic amines is 2. The van der Waals surface area contributed by atoms with Gasteiger partial charge in [-0.25, -0.2) is 0 Å². The average molecular weight is 262 g/mol. The van der Waals surface area contributed by atoms with Gasteiger partial charge in [0.05, 0.1) is 26.6 Å². The number of carbonyl (C=O) groups is 1. The molecule has 2 aromatic rings. The molecule has 2 N–H and O–H groups in total. The molecule has 18 heavy (non-hydrogen) atoms. The summed E-state index contributed by atoms with van der Waals surface area (Å²) >= 11 is 0. The number of aromatic nitrogens is 2. The van der Waals surface area contributed by atoms with Gasteiger partial charge in [-0.15, -0.1) is 0 Å². The van der Waals surface area contributed by atoms with Gasteiger partial charge in [-0.05, 0) is 17.4 Å². The Kier molecular flexibility index (Phi) is 3.17. The highest BCUT2D eigenvalue weighted by Crippen LogP contribution is 2.25. The lowest BCUT2D eigenvalue weighted by Crippen LogP contribution is -2.38. The summed E-state index contributed by atoms with van der Waals surface area (Å²) in [5.74, 6) is 0.573. The van der Waals surface area contributed by atoms with Crippen LogP contribution in [0.1, 0.15) is 10.5 Å². The zero-order valence-electron chi connectivity index (χ0n) is 11.1. The van der Waals surface area contributed by atoms with Crippen molar-refractivity contribution in [2.24, 2.45) is 0 Å². The van der Waals surface area contributed by atoms with Crippen LogP contribution in [0.3, 0.4) is 0 Å². The second-order valence-corrected chi connectivity index (χ2v) is 10.4. The predicted molar refractivity (Wildman–Crippen MR) is 75.5 cm³/mol. The van der Waals surface area contributed by atoms with Crippen molar-refractivity contribution in [2.75, 3.05) is 7.11 Å². The van der Waals surface area contributed by atoms with E-state index in [1.807, 2.05) is 12.1 Å². The fourth-order valence-electron chi connectivity index (χ4n) is 1.84. The molecule has 2 heterocycles. The Balaban J connectivity index is 2.40. The van der Waals surface area contributed by atoms with Crippen LogP contribution < -0.4 is 10.1 Å². The third kappa shape index (κ3) is 2.26. The van der Waals surface area contributed by atoms with Crippen LogP contribution in [0.4, 0.5) is 0 Å². The molecule has 96 valence electrons. The zero-order valence-corrected chi connectivity index (χ0v) is 12.1. The van der Waals surface area contributed by atoms with Gasteiger partial charge in [-0.1, -0.05) is 19.6 Å². The minimum atomic E-state index is -1.34. The van der Waals surface area contributed by atoms with E-state index in [-0.39, 0.29) is 0 Å². The van der Waals surface area contributed by atoms with Crippen molar-refractivity contribution >= 4 is 19.7 Å². The summed E-state index contributed by atoms with van der Waals surface area (Å²) in [6, 6.07) is 5.99. The molecular formula is C13H18N2O2Si. The number of aldehydes is 1. The lowest BCUT2D eigenvalue weighted by Gasteiger charge is -2.13. The lowest BCUT2D eigenvalue weighted by molar-refractivity contribution is 0.111. The Hall–Kier alpha value is -1.75. The first-order chi connectivity index (χ1) is 8.45. The highest BCUT2D eigenvalue weighted by atomic mass is 28.3. The highest BCUT2D eigenvalue weighted by molar-refractivity contribution is 6.88. The van der Waals surface area contributed by atoms with E-state index in [1.54, 1.807) is 7.11 Å². The molecule has 0 aromatic carbocycles. The van der Waals surface area contributed by atoms with E-state index in [1.165, 1.54) is 5.32 Å². The Morgan fingerprint density at radius 1 is 1.17 bits per heavy atom. The summed E-state index contributed by atoms with van der Waals surface area (Å²) < 4.78 is 5.14. The number of hydrogen-bond acceptors (Lipinski definition) is 2. The highest BCUT2D eigenvalue weighted by Gasteiger charge is 2.19. The quantitative estimate of drug-likeness (QED) is 0.656. The van der Waals surface area contributed by atoms with Crippen LogP contribution in [0.2, 0.25) is 19.6 Å². The van der Waals surface area contributed by atoms with Gasteiger partial charge in [0, 0.05) is 6.07 Å². The van der Waals surface area contributed by atoms with Crippen molar-refractivity contribution in [3.63, 3.8) is 0 Å². The summed E-state index contributed by atoms with van der Waals surface area (Å²) in [6.45, 7) is 6.86. The Labute approximate surface area is 107 Å². The SMILES string of the molecule is COc1cc(-c2ccc([Si](C)(C)C)[nH]2)[nH]c1C=O. The zero-order chi connectivity index (χ0) is 13.3. The van der Waals surface area contributed by atoms with E-state index >= 15 is 0 Å². The summed E-state index contributed by atoms with van der Waals surface area (Å²) in [6.07, 6.45) is 0.769. The average Bonchev–Trinajstić information content (AvgIpc) is 2.93. The van der Waals surface area contributed by atoms with Crippen LogP contribution in [-0.4, -0.2) is 31.4 Å². The fourth-order valence-corrected chi connectivity index (χ4v) is 2.94. The van der Waals surface area contributed by atoms with Gasteiger partial charge in [-0.2, -0.15) is 0 Å². The van der Waals surface area contributed by atoms with Gasteiger partial charge in [0.1, 0.15) is 11.4 Å². The lowest BCUT2D eigenvalue weighted by atomic mass is 10.3. The maximum Gasteiger partial charge on any atom is 0.170 e. The standard InChI is InChI=1S/C13H18N2O2Si/c1-17-12-7-10(14-11(12)8-16)9-5-6-13(15-9)18(2,3)4/h5-8,14-15H,1-4H3. The maximum atomic E-state index is 10.9. The number of carbonyl (C=O) groups excluding carboxylic acids is 1. The van der Waals surface area contributed by atoms with Crippen molar-refractivity contribution in [2.45, 2.75) is 19.6 Å². The van der Waals surface area contributed by atoms with Crippen LogP contribution in [0, 0.1) is 0 Å². The summed E-state index contributed by atoms with van der Waals surface area (Å²) in [5, 5.41) is 1.29. The summed E-state index contributed by atoms with van der Waals surface area (Å²) in [7, 11) is 0.219. The topological polar surface area (TPSA) is 57.9 Å². The van der Waals surface area contributed by atoms with Crippen LogP contribution in [0.15, 0.2) is 18.2 Å². The minimum Gasteiger partial charge on any atom is -0.494 e. The largest absolute Gasteiger partial charge is 0.494 e. The first-order valence-electron chi connectivity index (χ1n) is 5.87. The molecule has 5 heteroatoms. The van der Waals surface area contributed by atoms with Gasteiger partial charge in [0.15, 0.2) is 6.29 Å².